The average Bonchev–Trinajstić information content (AvgIpc) is 2.40. The summed E-state index contributed by atoms with van der Waals surface area (Å²) < 4.78 is 28.2. The van der Waals surface area contributed by atoms with E-state index in [-0.39, 0.29) is 5.41 Å². The molecule has 2 fully saturated rings. The van der Waals surface area contributed by atoms with Crippen LogP contribution in [0.3, 0.4) is 0 Å². The third-order valence-electron chi connectivity index (χ3n) is 3.89. The summed E-state index contributed by atoms with van der Waals surface area (Å²) in [5.74, 6) is 0.301. The predicted octanol–water partition coefficient (Wildman–Crippen LogP) is 1.06. The molecule has 2 rings (SSSR count). The van der Waals surface area contributed by atoms with Crippen LogP contribution < -0.4 is 4.72 Å². The highest BCUT2D eigenvalue weighted by Gasteiger charge is 2.44. The van der Waals surface area contributed by atoms with Gasteiger partial charge in [-0.3, -0.25) is 4.79 Å². The molecule has 1 aliphatic heterocycles. The number of ketones is 1. The molecule has 5 nitrogen and oxygen atoms in total. The first-order valence-electron chi connectivity index (χ1n) is 6.43. The molecule has 1 saturated carbocycles. The zero-order valence-corrected chi connectivity index (χ0v) is 12.1. The quantitative estimate of drug-likeness (QED) is 0.819. The van der Waals surface area contributed by atoms with Gasteiger partial charge in [0.2, 0.25) is 0 Å². The van der Waals surface area contributed by atoms with Gasteiger partial charge < -0.3 is 0 Å². The van der Waals surface area contributed by atoms with Crippen LogP contribution in [0.25, 0.3) is 0 Å². The summed E-state index contributed by atoms with van der Waals surface area (Å²) in [4.78, 5) is 11.3. The summed E-state index contributed by atoms with van der Waals surface area (Å²) in [6, 6.07) is 0. The summed E-state index contributed by atoms with van der Waals surface area (Å²) >= 11 is 0. The van der Waals surface area contributed by atoms with Crippen LogP contribution in [0.5, 0.6) is 0 Å². The van der Waals surface area contributed by atoms with E-state index >= 15 is 0 Å². The summed E-state index contributed by atoms with van der Waals surface area (Å²) in [6.07, 6.45) is 2.75. The highest BCUT2D eigenvalue weighted by molar-refractivity contribution is 7.87. The van der Waals surface area contributed by atoms with Gasteiger partial charge in [0.15, 0.2) is 0 Å². The third-order valence-corrected chi connectivity index (χ3v) is 5.64. The van der Waals surface area contributed by atoms with Gasteiger partial charge in [-0.1, -0.05) is 6.92 Å². The Bertz CT molecular complexity index is 446. The van der Waals surface area contributed by atoms with Crippen LogP contribution in [0, 0.1) is 5.41 Å². The molecule has 1 N–H and O–H groups in total. The number of nitrogens with zero attached hydrogens (tertiary/aromatic N) is 1. The molecule has 0 bridgehead atoms. The zero-order chi connectivity index (χ0) is 13.6. The van der Waals surface area contributed by atoms with Crippen molar-refractivity contribution in [2.45, 2.75) is 52.0 Å². The predicted molar refractivity (Wildman–Crippen MR) is 69.3 cm³/mol. The fraction of sp³-hybridized carbons (Fsp3) is 0.917. The second kappa shape index (κ2) is 4.28. The second-order valence-electron chi connectivity index (χ2n) is 6.61. The third kappa shape index (κ3) is 2.92. The minimum absolute atomic E-state index is 0.0664. The topological polar surface area (TPSA) is 66.5 Å². The number of carbonyl (C=O) groups excluding carboxylic acids is 1. The van der Waals surface area contributed by atoms with Crippen LogP contribution in [0.2, 0.25) is 0 Å². The molecule has 2 aliphatic rings. The average molecular weight is 274 g/mol. The Morgan fingerprint density at radius 3 is 2.22 bits per heavy atom. The van der Waals surface area contributed by atoms with E-state index in [9.17, 15) is 13.2 Å². The van der Waals surface area contributed by atoms with Crippen LogP contribution in [0.15, 0.2) is 0 Å². The lowest BCUT2D eigenvalue weighted by molar-refractivity contribution is -0.122. The van der Waals surface area contributed by atoms with Gasteiger partial charge in [-0.15, -0.1) is 0 Å². The molecule has 0 amide bonds. The summed E-state index contributed by atoms with van der Waals surface area (Å²) in [7, 11) is -3.35. The molecule has 18 heavy (non-hydrogen) atoms. The molecular weight excluding hydrogens is 252 g/mol. The minimum Gasteiger partial charge on any atom is -0.300 e. The summed E-state index contributed by atoms with van der Waals surface area (Å²) in [6.45, 7) is 6.87. The molecule has 0 unspecified atom stereocenters. The number of rotatable bonds is 2. The van der Waals surface area contributed by atoms with Crippen molar-refractivity contribution in [1.29, 1.82) is 0 Å². The van der Waals surface area contributed by atoms with Gasteiger partial charge in [-0.05, 0) is 32.1 Å². The molecule has 1 saturated heterocycles. The Morgan fingerprint density at radius 1 is 1.22 bits per heavy atom. The van der Waals surface area contributed by atoms with Crippen LogP contribution in [0.1, 0.15) is 46.5 Å². The second-order valence-corrected chi connectivity index (χ2v) is 8.28. The van der Waals surface area contributed by atoms with E-state index in [2.05, 4.69) is 11.6 Å². The SMILES string of the molecule is CC1(CN2CC(C)(C)NS2(=O)=O)CCC(=O)CC1. The first kappa shape index (κ1) is 14.0. The van der Waals surface area contributed by atoms with E-state index in [1.54, 1.807) is 0 Å². The first-order valence-corrected chi connectivity index (χ1v) is 7.87. The minimum atomic E-state index is -3.35. The van der Waals surface area contributed by atoms with Gasteiger partial charge in [0, 0.05) is 31.5 Å². The number of Topliss-reactive ketones (excluding diaryl/α,β-unsaturated/α-hetero) is 1. The Kier molecular flexibility index (Phi) is 3.32. The smallest absolute Gasteiger partial charge is 0.280 e. The fourth-order valence-corrected chi connectivity index (χ4v) is 4.70. The lowest BCUT2D eigenvalue weighted by Crippen LogP contribution is -2.40. The van der Waals surface area contributed by atoms with Gasteiger partial charge >= 0.3 is 0 Å². The molecule has 0 radical (unpaired) electrons. The maximum atomic E-state index is 12.0. The monoisotopic (exact) mass is 274 g/mol. The van der Waals surface area contributed by atoms with Gasteiger partial charge in [0.1, 0.15) is 5.78 Å². The van der Waals surface area contributed by atoms with Crippen molar-refractivity contribution in [2.24, 2.45) is 5.41 Å². The summed E-state index contributed by atoms with van der Waals surface area (Å²) in [5, 5.41) is 0. The summed E-state index contributed by atoms with van der Waals surface area (Å²) in [5.41, 5.74) is -0.469. The van der Waals surface area contributed by atoms with Crippen molar-refractivity contribution < 1.29 is 13.2 Å². The maximum Gasteiger partial charge on any atom is 0.280 e. The first-order chi connectivity index (χ1) is 8.12. The normalized spacial score (nSPS) is 30.5. The zero-order valence-electron chi connectivity index (χ0n) is 11.3. The van der Waals surface area contributed by atoms with Gasteiger partial charge in [0.25, 0.3) is 10.2 Å². The van der Waals surface area contributed by atoms with E-state index < -0.39 is 15.7 Å². The van der Waals surface area contributed by atoms with Crippen LogP contribution in [-0.4, -0.2) is 37.1 Å². The lowest BCUT2D eigenvalue weighted by atomic mass is 9.75. The molecule has 1 heterocycles. The van der Waals surface area contributed by atoms with E-state index in [4.69, 9.17) is 0 Å². The Hall–Kier alpha value is -0.460. The van der Waals surface area contributed by atoms with Crippen LogP contribution in [0.4, 0.5) is 0 Å². The molecule has 0 spiro atoms. The van der Waals surface area contributed by atoms with Gasteiger partial charge in [-0.2, -0.15) is 17.4 Å². The van der Waals surface area contributed by atoms with Crippen molar-refractivity contribution >= 4 is 16.0 Å². The van der Waals surface area contributed by atoms with Crippen molar-refractivity contribution in [3.63, 3.8) is 0 Å². The highest BCUT2D eigenvalue weighted by Crippen LogP contribution is 2.36. The molecule has 0 aromatic heterocycles. The lowest BCUT2D eigenvalue weighted by Gasteiger charge is -2.35. The number of hydrogen-bond donors (Lipinski definition) is 1. The van der Waals surface area contributed by atoms with Crippen molar-refractivity contribution in [3.8, 4) is 0 Å². The standard InChI is InChI=1S/C12H22N2O3S/c1-11(2)8-14(18(16,17)13-11)9-12(3)6-4-10(15)5-7-12/h13H,4-9H2,1-3H3. The van der Waals surface area contributed by atoms with E-state index in [1.807, 2.05) is 13.8 Å². The molecular formula is C12H22N2O3S. The Labute approximate surface area is 109 Å². The molecule has 104 valence electrons. The van der Waals surface area contributed by atoms with E-state index in [1.165, 1.54) is 4.31 Å². The molecule has 1 aliphatic carbocycles. The molecule has 0 aromatic rings. The fourth-order valence-electron chi connectivity index (χ4n) is 2.83. The largest absolute Gasteiger partial charge is 0.300 e. The van der Waals surface area contributed by atoms with Crippen molar-refractivity contribution in [3.05, 3.63) is 0 Å². The Balaban J connectivity index is 2.08. The van der Waals surface area contributed by atoms with E-state index in [0.29, 0.717) is 31.7 Å². The molecule has 0 aromatic carbocycles. The Morgan fingerprint density at radius 2 is 1.78 bits per heavy atom. The molecule has 0 atom stereocenters. The highest BCUT2D eigenvalue weighted by atomic mass is 32.2. The van der Waals surface area contributed by atoms with Gasteiger partial charge in [-0.25, -0.2) is 0 Å². The van der Waals surface area contributed by atoms with Crippen molar-refractivity contribution in [2.75, 3.05) is 13.1 Å². The number of carbonyl (C=O) groups is 1. The maximum absolute atomic E-state index is 12.0. The van der Waals surface area contributed by atoms with Crippen LogP contribution >= 0.6 is 0 Å². The van der Waals surface area contributed by atoms with Crippen LogP contribution in [-0.2, 0) is 15.0 Å². The van der Waals surface area contributed by atoms with Crippen molar-refractivity contribution in [1.82, 2.24) is 9.03 Å². The van der Waals surface area contributed by atoms with Gasteiger partial charge in [0.05, 0.1) is 0 Å². The number of nitrogens with one attached hydrogen (secondary N) is 1. The number of hydrogen-bond acceptors (Lipinski definition) is 3. The van der Waals surface area contributed by atoms with E-state index in [0.717, 1.165) is 12.8 Å². The molecule has 6 heteroatoms.